The van der Waals surface area contributed by atoms with Gasteiger partial charge < -0.3 is 10.2 Å². The standard InChI is InChI=1S/C20H21FN2O2/c1-14(24)22-12-15-2-6-17(7-3-15)20(25)23(19-10-11-19)13-16-4-8-18(21)9-5-16/h2-9,19H,10-13H2,1H3,(H,22,24). The van der Waals surface area contributed by atoms with Gasteiger partial charge in [0.2, 0.25) is 5.91 Å². The molecule has 130 valence electrons. The zero-order valence-corrected chi connectivity index (χ0v) is 14.2. The summed E-state index contributed by atoms with van der Waals surface area (Å²) >= 11 is 0. The smallest absolute Gasteiger partial charge is 0.254 e. The summed E-state index contributed by atoms with van der Waals surface area (Å²) in [6, 6.07) is 13.8. The summed E-state index contributed by atoms with van der Waals surface area (Å²) in [6.45, 7) is 2.41. The molecule has 4 nitrogen and oxygen atoms in total. The van der Waals surface area contributed by atoms with Gasteiger partial charge in [-0.1, -0.05) is 24.3 Å². The van der Waals surface area contributed by atoms with Gasteiger partial charge in [0, 0.05) is 31.6 Å². The normalized spacial score (nSPS) is 13.4. The molecule has 1 aliphatic rings. The lowest BCUT2D eigenvalue weighted by atomic mass is 10.1. The minimum absolute atomic E-state index is 0.0158. The molecule has 0 aromatic heterocycles. The van der Waals surface area contributed by atoms with Crippen LogP contribution in [0.5, 0.6) is 0 Å². The van der Waals surface area contributed by atoms with Crippen LogP contribution in [0.25, 0.3) is 0 Å². The molecule has 0 unspecified atom stereocenters. The third-order valence-electron chi connectivity index (χ3n) is 4.26. The molecule has 3 rings (SSSR count). The van der Waals surface area contributed by atoms with E-state index < -0.39 is 0 Å². The molecule has 2 aromatic rings. The van der Waals surface area contributed by atoms with Crippen molar-refractivity contribution in [2.75, 3.05) is 0 Å². The van der Waals surface area contributed by atoms with E-state index in [9.17, 15) is 14.0 Å². The molecular formula is C20H21FN2O2. The van der Waals surface area contributed by atoms with Crippen molar-refractivity contribution in [2.24, 2.45) is 0 Å². The number of amides is 2. The summed E-state index contributed by atoms with van der Waals surface area (Å²) in [7, 11) is 0. The second kappa shape index (κ2) is 7.47. The molecule has 1 aliphatic carbocycles. The van der Waals surface area contributed by atoms with Crippen molar-refractivity contribution in [3.05, 3.63) is 71.0 Å². The highest BCUT2D eigenvalue weighted by Gasteiger charge is 2.33. The Balaban J connectivity index is 1.70. The summed E-state index contributed by atoms with van der Waals surface area (Å²) < 4.78 is 13.1. The van der Waals surface area contributed by atoms with E-state index in [0.717, 1.165) is 24.0 Å². The lowest BCUT2D eigenvalue weighted by Crippen LogP contribution is -2.32. The number of rotatable bonds is 6. The van der Waals surface area contributed by atoms with Gasteiger partial charge in [0.1, 0.15) is 5.82 Å². The summed E-state index contributed by atoms with van der Waals surface area (Å²) in [5.74, 6) is -0.375. The van der Waals surface area contributed by atoms with E-state index in [1.165, 1.54) is 19.1 Å². The number of nitrogens with zero attached hydrogens (tertiary/aromatic N) is 1. The fourth-order valence-electron chi connectivity index (χ4n) is 2.70. The first-order chi connectivity index (χ1) is 12.0. The molecular weight excluding hydrogens is 319 g/mol. The average Bonchev–Trinajstić information content (AvgIpc) is 3.44. The summed E-state index contributed by atoms with van der Waals surface area (Å²) in [5.41, 5.74) is 2.49. The Kier molecular flexibility index (Phi) is 5.12. The summed E-state index contributed by atoms with van der Waals surface area (Å²) in [4.78, 5) is 25.7. The second-order valence-corrected chi connectivity index (χ2v) is 6.40. The molecule has 25 heavy (non-hydrogen) atoms. The lowest BCUT2D eigenvalue weighted by molar-refractivity contribution is -0.119. The number of carbonyl (C=O) groups is 2. The number of hydrogen-bond acceptors (Lipinski definition) is 2. The van der Waals surface area contributed by atoms with Crippen LogP contribution in [0, 0.1) is 5.82 Å². The molecule has 5 heteroatoms. The molecule has 0 spiro atoms. The van der Waals surface area contributed by atoms with Gasteiger partial charge in [-0.15, -0.1) is 0 Å². The molecule has 1 N–H and O–H groups in total. The van der Waals surface area contributed by atoms with E-state index in [4.69, 9.17) is 0 Å². The first-order valence-corrected chi connectivity index (χ1v) is 8.42. The van der Waals surface area contributed by atoms with Crippen LogP contribution in [0.1, 0.15) is 41.3 Å². The molecule has 0 aliphatic heterocycles. The van der Waals surface area contributed by atoms with Crippen LogP contribution in [0.2, 0.25) is 0 Å². The van der Waals surface area contributed by atoms with Gasteiger partial charge in [-0.25, -0.2) is 4.39 Å². The van der Waals surface area contributed by atoms with Crippen LogP contribution >= 0.6 is 0 Å². The zero-order chi connectivity index (χ0) is 17.8. The van der Waals surface area contributed by atoms with E-state index >= 15 is 0 Å². The summed E-state index contributed by atoms with van der Waals surface area (Å²) in [6.07, 6.45) is 2.01. The van der Waals surface area contributed by atoms with Crippen molar-refractivity contribution >= 4 is 11.8 Å². The third kappa shape index (κ3) is 4.66. The van der Waals surface area contributed by atoms with Crippen molar-refractivity contribution in [3.63, 3.8) is 0 Å². The predicted molar refractivity (Wildman–Crippen MR) is 93.3 cm³/mol. The van der Waals surface area contributed by atoms with Crippen molar-refractivity contribution in [1.82, 2.24) is 10.2 Å². The largest absolute Gasteiger partial charge is 0.352 e. The Morgan fingerprint density at radius 1 is 1.04 bits per heavy atom. The van der Waals surface area contributed by atoms with E-state index in [0.29, 0.717) is 18.7 Å². The third-order valence-corrected chi connectivity index (χ3v) is 4.26. The molecule has 2 aromatic carbocycles. The fraction of sp³-hybridized carbons (Fsp3) is 0.300. The van der Waals surface area contributed by atoms with Gasteiger partial charge in [0.15, 0.2) is 0 Å². The van der Waals surface area contributed by atoms with Crippen LogP contribution in [0.4, 0.5) is 4.39 Å². The van der Waals surface area contributed by atoms with Crippen LogP contribution < -0.4 is 5.32 Å². The highest BCUT2D eigenvalue weighted by molar-refractivity contribution is 5.94. The van der Waals surface area contributed by atoms with Gasteiger partial charge in [-0.3, -0.25) is 9.59 Å². The Morgan fingerprint density at radius 2 is 1.64 bits per heavy atom. The fourth-order valence-corrected chi connectivity index (χ4v) is 2.70. The quantitative estimate of drug-likeness (QED) is 0.877. The Labute approximate surface area is 146 Å². The monoisotopic (exact) mass is 340 g/mol. The minimum atomic E-state index is -0.275. The molecule has 0 atom stereocenters. The van der Waals surface area contributed by atoms with Gasteiger partial charge in [0.25, 0.3) is 5.91 Å². The number of nitrogens with one attached hydrogen (secondary N) is 1. The van der Waals surface area contributed by atoms with Crippen molar-refractivity contribution < 1.29 is 14.0 Å². The van der Waals surface area contributed by atoms with E-state index in [1.807, 2.05) is 17.0 Å². The Bertz CT molecular complexity index is 752. The van der Waals surface area contributed by atoms with Gasteiger partial charge in [-0.2, -0.15) is 0 Å². The van der Waals surface area contributed by atoms with Gasteiger partial charge >= 0.3 is 0 Å². The van der Waals surface area contributed by atoms with Crippen LogP contribution in [0.15, 0.2) is 48.5 Å². The van der Waals surface area contributed by atoms with E-state index in [2.05, 4.69) is 5.32 Å². The predicted octanol–water partition coefficient (Wildman–Crippen LogP) is 3.27. The number of benzene rings is 2. The highest BCUT2D eigenvalue weighted by atomic mass is 19.1. The Hall–Kier alpha value is -2.69. The average molecular weight is 340 g/mol. The number of hydrogen-bond donors (Lipinski definition) is 1. The lowest BCUT2D eigenvalue weighted by Gasteiger charge is -2.23. The van der Waals surface area contributed by atoms with Gasteiger partial charge in [-0.05, 0) is 48.2 Å². The molecule has 0 saturated heterocycles. The Morgan fingerprint density at radius 3 is 2.20 bits per heavy atom. The van der Waals surface area contributed by atoms with E-state index in [-0.39, 0.29) is 23.7 Å². The maximum absolute atomic E-state index is 13.1. The van der Waals surface area contributed by atoms with Crippen molar-refractivity contribution in [2.45, 2.75) is 38.9 Å². The van der Waals surface area contributed by atoms with Gasteiger partial charge in [0.05, 0.1) is 0 Å². The van der Waals surface area contributed by atoms with Crippen LogP contribution in [-0.2, 0) is 17.9 Å². The molecule has 1 fully saturated rings. The molecule has 0 radical (unpaired) electrons. The highest BCUT2D eigenvalue weighted by Crippen LogP contribution is 2.30. The van der Waals surface area contributed by atoms with Crippen molar-refractivity contribution in [1.29, 1.82) is 0 Å². The maximum atomic E-state index is 13.1. The number of halogens is 1. The molecule has 2 amide bonds. The first-order valence-electron chi connectivity index (χ1n) is 8.42. The topological polar surface area (TPSA) is 49.4 Å². The summed E-state index contributed by atoms with van der Waals surface area (Å²) in [5, 5.41) is 2.73. The number of carbonyl (C=O) groups excluding carboxylic acids is 2. The van der Waals surface area contributed by atoms with Crippen LogP contribution in [0.3, 0.4) is 0 Å². The first kappa shape index (κ1) is 17.1. The zero-order valence-electron chi connectivity index (χ0n) is 14.2. The second-order valence-electron chi connectivity index (χ2n) is 6.40. The maximum Gasteiger partial charge on any atom is 0.254 e. The molecule has 0 heterocycles. The van der Waals surface area contributed by atoms with Crippen molar-refractivity contribution in [3.8, 4) is 0 Å². The molecule has 0 bridgehead atoms. The van der Waals surface area contributed by atoms with Crippen LogP contribution in [-0.4, -0.2) is 22.8 Å². The minimum Gasteiger partial charge on any atom is -0.352 e. The van der Waals surface area contributed by atoms with E-state index in [1.54, 1.807) is 24.3 Å². The molecule has 1 saturated carbocycles. The SMILES string of the molecule is CC(=O)NCc1ccc(C(=O)N(Cc2ccc(F)cc2)C2CC2)cc1.